The molecular formula is C13H13BrN2O2. The second-order valence-corrected chi connectivity index (χ2v) is 4.77. The third-order valence-electron chi connectivity index (χ3n) is 2.79. The Morgan fingerprint density at radius 1 is 1.22 bits per heavy atom. The van der Waals surface area contributed by atoms with Crippen LogP contribution in [0.3, 0.4) is 0 Å². The lowest BCUT2D eigenvalue weighted by atomic mass is 10.1. The molecule has 0 saturated carbocycles. The fraction of sp³-hybridized carbons (Fsp3) is 0.154. The number of hydrogen-bond acceptors (Lipinski definition) is 3. The van der Waals surface area contributed by atoms with Crippen LogP contribution in [0.2, 0.25) is 0 Å². The number of nitrogens with two attached hydrogens (primary N) is 1. The van der Waals surface area contributed by atoms with E-state index in [9.17, 15) is 4.79 Å². The zero-order chi connectivity index (χ0) is 13.3. The van der Waals surface area contributed by atoms with Gasteiger partial charge in [-0.05, 0) is 45.3 Å². The van der Waals surface area contributed by atoms with Crippen LogP contribution in [-0.4, -0.2) is 11.7 Å². The summed E-state index contributed by atoms with van der Waals surface area (Å²) in [6.45, 7) is 0. The van der Waals surface area contributed by atoms with Crippen LogP contribution >= 0.6 is 15.9 Å². The quantitative estimate of drug-likeness (QED) is 0.927. The maximum atomic E-state index is 11.7. The summed E-state index contributed by atoms with van der Waals surface area (Å²) >= 11 is 3.42. The van der Waals surface area contributed by atoms with Crippen molar-refractivity contribution in [3.8, 4) is 16.9 Å². The maximum Gasteiger partial charge on any atom is 0.252 e. The Balaban J connectivity index is 2.56. The van der Waals surface area contributed by atoms with Gasteiger partial charge in [-0.1, -0.05) is 6.07 Å². The number of benzene rings is 1. The molecule has 1 aromatic heterocycles. The van der Waals surface area contributed by atoms with E-state index in [1.54, 1.807) is 26.3 Å². The van der Waals surface area contributed by atoms with E-state index < -0.39 is 0 Å². The summed E-state index contributed by atoms with van der Waals surface area (Å²) < 4.78 is 7.40. The molecule has 5 heteroatoms. The highest BCUT2D eigenvalue weighted by atomic mass is 79.9. The first-order chi connectivity index (χ1) is 8.52. The lowest BCUT2D eigenvalue weighted by Crippen LogP contribution is -2.18. The smallest absolute Gasteiger partial charge is 0.252 e. The molecule has 0 fully saturated rings. The minimum atomic E-state index is -0.128. The number of anilines is 1. The van der Waals surface area contributed by atoms with Crippen molar-refractivity contribution in [2.75, 3.05) is 12.8 Å². The molecule has 0 atom stereocenters. The molecule has 0 radical (unpaired) electrons. The normalized spacial score (nSPS) is 10.4. The first kappa shape index (κ1) is 12.7. The molecule has 94 valence electrons. The zero-order valence-corrected chi connectivity index (χ0v) is 11.7. The van der Waals surface area contributed by atoms with Crippen LogP contribution in [0.1, 0.15) is 0 Å². The molecule has 1 heterocycles. The van der Waals surface area contributed by atoms with Crippen LogP contribution < -0.4 is 16.0 Å². The Morgan fingerprint density at radius 3 is 2.50 bits per heavy atom. The predicted octanol–water partition coefficient (Wildman–Crippen LogP) is 2.41. The first-order valence-electron chi connectivity index (χ1n) is 5.33. The standard InChI is InChI=1S/C13H13BrN2O2/c1-16-12(15)6-9(7-13(16)17)8-3-4-11(18-2)10(14)5-8/h3-7H,15H2,1-2H3. The summed E-state index contributed by atoms with van der Waals surface area (Å²) in [6, 6.07) is 8.96. The Labute approximate surface area is 113 Å². The number of rotatable bonds is 2. The lowest BCUT2D eigenvalue weighted by molar-refractivity contribution is 0.412. The molecule has 0 saturated heterocycles. The van der Waals surface area contributed by atoms with Crippen molar-refractivity contribution >= 4 is 21.7 Å². The highest BCUT2D eigenvalue weighted by Gasteiger charge is 2.06. The molecule has 0 unspecified atom stereocenters. The molecule has 18 heavy (non-hydrogen) atoms. The van der Waals surface area contributed by atoms with E-state index in [2.05, 4.69) is 15.9 Å². The minimum Gasteiger partial charge on any atom is -0.496 e. The van der Waals surface area contributed by atoms with E-state index in [-0.39, 0.29) is 5.56 Å². The molecule has 0 bridgehead atoms. The lowest BCUT2D eigenvalue weighted by Gasteiger charge is -2.09. The topological polar surface area (TPSA) is 57.2 Å². The molecule has 1 aromatic carbocycles. The molecule has 2 rings (SSSR count). The molecule has 0 amide bonds. The third-order valence-corrected chi connectivity index (χ3v) is 3.41. The number of methoxy groups -OCH3 is 1. The monoisotopic (exact) mass is 308 g/mol. The van der Waals surface area contributed by atoms with E-state index in [4.69, 9.17) is 10.5 Å². The molecule has 4 nitrogen and oxygen atoms in total. The fourth-order valence-corrected chi connectivity index (χ4v) is 2.21. The SMILES string of the molecule is COc1ccc(-c2cc(N)n(C)c(=O)c2)cc1Br. The molecule has 0 spiro atoms. The van der Waals surface area contributed by atoms with Crippen molar-refractivity contribution in [2.45, 2.75) is 0 Å². The van der Waals surface area contributed by atoms with E-state index in [0.717, 1.165) is 21.3 Å². The second-order valence-electron chi connectivity index (χ2n) is 3.92. The van der Waals surface area contributed by atoms with Crippen molar-refractivity contribution in [1.82, 2.24) is 4.57 Å². The fourth-order valence-electron chi connectivity index (χ4n) is 1.67. The van der Waals surface area contributed by atoms with Crippen molar-refractivity contribution in [2.24, 2.45) is 7.05 Å². The van der Waals surface area contributed by atoms with Crippen LogP contribution in [-0.2, 0) is 7.05 Å². The van der Waals surface area contributed by atoms with Gasteiger partial charge in [0.25, 0.3) is 5.56 Å². The van der Waals surface area contributed by atoms with Gasteiger partial charge in [0.05, 0.1) is 11.6 Å². The second kappa shape index (κ2) is 4.86. The van der Waals surface area contributed by atoms with Gasteiger partial charge in [0, 0.05) is 13.1 Å². The van der Waals surface area contributed by atoms with Crippen molar-refractivity contribution in [3.63, 3.8) is 0 Å². The first-order valence-corrected chi connectivity index (χ1v) is 6.12. The number of ether oxygens (including phenoxy) is 1. The Bertz CT molecular complexity index is 650. The molecule has 2 N–H and O–H groups in total. The number of hydrogen-bond donors (Lipinski definition) is 1. The summed E-state index contributed by atoms with van der Waals surface area (Å²) in [6.07, 6.45) is 0. The van der Waals surface area contributed by atoms with E-state index in [0.29, 0.717) is 5.82 Å². The number of nitrogen functional groups attached to an aromatic ring is 1. The van der Waals surface area contributed by atoms with E-state index in [1.807, 2.05) is 18.2 Å². The molecule has 0 aliphatic rings. The van der Waals surface area contributed by atoms with E-state index >= 15 is 0 Å². The van der Waals surface area contributed by atoms with E-state index in [1.165, 1.54) is 4.57 Å². The van der Waals surface area contributed by atoms with Gasteiger partial charge in [0.15, 0.2) is 0 Å². The molecule has 0 aliphatic carbocycles. The highest BCUT2D eigenvalue weighted by molar-refractivity contribution is 9.10. The van der Waals surface area contributed by atoms with Crippen LogP contribution in [0.4, 0.5) is 5.82 Å². The number of nitrogens with zero attached hydrogens (tertiary/aromatic N) is 1. The Morgan fingerprint density at radius 2 is 1.94 bits per heavy atom. The van der Waals surface area contributed by atoms with Gasteiger partial charge in [-0.15, -0.1) is 0 Å². The van der Waals surface area contributed by atoms with Crippen molar-refractivity contribution in [3.05, 3.63) is 45.2 Å². The van der Waals surface area contributed by atoms with Crippen LogP contribution in [0.25, 0.3) is 11.1 Å². The van der Waals surface area contributed by atoms with Crippen molar-refractivity contribution < 1.29 is 4.74 Å². The predicted molar refractivity (Wildman–Crippen MR) is 75.8 cm³/mol. The van der Waals surface area contributed by atoms with Gasteiger partial charge in [0.2, 0.25) is 0 Å². The number of halogens is 1. The summed E-state index contributed by atoms with van der Waals surface area (Å²) in [5.74, 6) is 1.18. The molecular weight excluding hydrogens is 296 g/mol. The average Bonchev–Trinajstić information content (AvgIpc) is 2.35. The van der Waals surface area contributed by atoms with Crippen molar-refractivity contribution in [1.29, 1.82) is 0 Å². The van der Waals surface area contributed by atoms with Gasteiger partial charge in [0.1, 0.15) is 11.6 Å². The third kappa shape index (κ3) is 2.26. The van der Waals surface area contributed by atoms with Gasteiger partial charge in [-0.25, -0.2) is 0 Å². The van der Waals surface area contributed by atoms with Crippen LogP contribution in [0.5, 0.6) is 5.75 Å². The molecule has 2 aromatic rings. The number of aromatic nitrogens is 1. The van der Waals surface area contributed by atoms with Crippen LogP contribution in [0, 0.1) is 0 Å². The average molecular weight is 309 g/mol. The van der Waals surface area contributed by atoms with Gasteiger partial charge >= 0.3 is 0 Å². The number of pyridine rings is 1. The van der Waals surface area contributed by atoms with Gasteiger partial charge in [-0.2, -0.15) is 0 Å². The van der Waals surface area contributed by atoms with Gasteiger partial charge in [-0.3, -0.25) is 9.36 Å². The largest absolute Gasteiger partial charge is 0.496 e. The van der Waals surface area contributed by atoms with Gasteiger partial charge < -0.3 is 10.5 Å². The summed E-state index contributed by atoms with van der Waals surface area (Å²) in [7, 11) is 3.25. The summed E-state index contributed by atoms with van der Waals surface area (Å²) in [5.41, 5.74) is 7.35. The Hall–Kier alpha value is -1.75. The Kier molecular flexibility index (Phi) is 3.43. The summed E-state index contributed by atoms with van der Waals surface area (Å²) in [5, 5.41) is 0. The van der Waals surface area contributed by atoms with Crippen LogP contribution in [0.15, 0.2) is 39.6 Å². The summed E-state index contributed by atoms with van der Waals surface area (Å²) in [4.78, 5) is 11.7. The zero-order valence-electron chi connectivity index (χ0n) is 10.1. The molecule has 0 aliphatic heterocycles. The highest BCUT2D eigenvalue weighted by Crippen LogP contribution is 2.30. The minimum absolute atomic E-state index is 0.128. The maximum absolute atomic E-state index is 11.7.